The number of benzene rings is 1. The minimum atomic E-state index is -1.59. The summed E-state index contributed by atoms with van der Waals surface area (Å²) < 4.78 is 0. The predicted octanol–water partition coefficient (Wildman–Crippen LogP) is 0.646. The van der Waals surface area contributed by atoms with Gasteiger partial charge >= 0.3 is 7.12 Å². The lowest BCUT2D eigenvalue weighted by atomic mass is 9.79. The number of amides is 1. The minimum Gasteiger partial charge on any atom is -0.423 e. The Labute approximate surface area is 111 Å². The Morgan fingerprint density at radius 3 is 2.50 bits per heavy atom. The van der Waals surface area contributed by atoms with Gasteiger partial charge in [-0.3, -0.25) is 4.79 Å². The van der Waals surface area contributed by atoms with Crippen molar-refractivity contribution in [1.29, 1.82) is 0 Å². The van der Waals surface area contributed by atoms with Gasteiger partial charge in [-0.1, -0.05) is 17.7 Å². The number of carbonyl (C=O) groups excluding carboxylic acids is 1. The van der Waals surface area contributed by atoms with Gasteiger partial charge < -0.3 is 14.9 Å². The zero-order valence-electron chi connectivity index (χ0n) is 9.97. The van der Waals surface area contributed by atoms with E-state index in [1.165, 1.54) is 18.2 Å². The Morgan fingerprint density at radius 1 is 1.22 bits per heavy atom. The molecule has 18 heavy (non-hydrogen) atoms. The van der Waals surface area contributed by atoms with E-state index in [-0.39, 0.29) is 11.4 Å². The van der Waals surface area contributed by atoms with Crippen molar-refractivity contribution >= 4 is 30.1 Å². The molecular formula is C12H15BClNO3. The summed E-state index contributed by atoms with van der Waals surface area (Å²) in [7, 11) is -1.59. The average molecular weight is 268 g/mol. The fourth-order valence-electron chi connectivity index (χ4n) is 2.13. The van der Waals surface area contributed by atoms with E-state index in [0.29, 0.717) is 10.6 Å². The normalized spacial score (nSPS) is 15.6. The Hall–Kier alpha value is -1.04. The minimum absolute atomic E-state index is 0.137. The van der Waals surface area contributed by atoms with E-state index in [4.69, 9.17) is 21.6 Å². The van der Waals surface area contributed by atoms with Crippen molar-refractivity contribution in [2.24, 2.45) is 0 Å². The van der Waals surface area contributed by atoms with Crippen molar-refractivity contribution in [1.82, 2.24) is 4.90 Å². The molecule has 0 saturated carbocycles. The number of halogens is 1. The maximum Gasteiger partial charge on any atom is 0.488 e. The van der Waals surface area contributed by atoms with Crippen LogP contribution in [0.3, 0.4) is 0 Å². The molecule has 1 amide bonds. The molecule has 0 unspecified atom stereocenters. The van der Waals surface area contributed by atoms with Gasteiger partial charge in [0.25, 0.3) is 5.91 Å². The zero-order valence-corrected chi connectivity index (χ0v) is 10.7. The van der Waals surface area contributed by atoms with Crippen LogP contribution in [0.5, 0.6) is 0 Å². The highest BCUT2D eigenvalue weighted by Gasteiger charge is 2.22. The molecule has 1 heterocycles. The van der Waals surface area contributed by atoms with Crippen molar-refractivity contribution in [2.45, 2.75) is 19.3 Å². The third-order valence-electron chi connectivity index (χ3n) is 3.16. The van der Waals surface area contributed by atoms with Crippen LogP contribution in [0.1, 0.15) is 29.6 Å². The zero-order chi connectivity index (χ0) is 13.1. The van der Waals surface area contributed by atoms with E-state index < -0.39 is 7.12 Å². The molecule has 0 aromatic heterocycles. The molecule has 0 aliphatic carbocycles. The van der Waals surface area contributed by atoms with E-state index in [1.54, 1.807) is 4.90 Å². The third-order valence-corrected chi connectivity index (χ3v) is 3.49. The van der Waals surface area contributed by atoms with Crippen molar-refractivity contribution in [3.05, 3.63) is 28.8 Å². The number of likely N-dealkylation sites (tertiary alicyclic amines) is 1. The lowest BCUT2D eigenvalue weighted by molar-refractivity contribution is 0.0724. The summed E-state index contributed by atoms with van der Waals surface area (Å²) in [5.41, 5.74) is 0.615. The predicted molar refractivity (Wildman–Crippen MR) is 71.0 cm³/mol. The van der Waals surface area contributed by atoms with Crippen LogP contribution < -0.4 is 5.46 Å². The Bertz CT molecular complexity index is 447. The second-order valence-electron chi connectivity index (χ2n) is 4.47. The van der Waals surface area contributed by atoms with Crippen molar-refractivity contribution < 1.29 is 14.8 Å². The molecule has 0 spiro atoms. The van der Waals surface area contributed by atoms with Crippen LogP contribution in [0, 0.1) is 0 Å². The molecule has 2 N–H and O–H groups in total. The number of carbonyl (C=O) groups is 1. The highest BCUT2D eigenvalue weighted by Crippen LogP contribution is 2.19. The highest BCUT2D eigenvalue weighted by molar-refractivity contribution is 6.58. The lowest BCUT2D eigenvalue weighted by Crippen LogP contribution is -2.37. The summed E-state index contributed by atoms with van der Waals surface area (Å²) >= 11 is 6.00. The van der Waals surface area contributed by atoms with E-state index >= 15 is 0 Å². The second-order valence-corrected chi connectivity index (χ2v) is 4.87. The summed E-state index contributed by atoms with van der Waals surface area (Å²) in [5.74, 6) is -0.137. The third kappa shape index (κ3) is 2.86. The number of hydrogen-bond acceptors (Lipinski definition) is 3. The van der Waals surface area contributed by atoms with Gasteiger partial charge in [0.15, 0.2) is 0 Å². The number of hydrogen-bond donors (Lipinski definition) is 2. The van der Waals surface area contributed by atoms with Gasteiger partial charge in [-0.25, -0.2) is 0 Å². The fraction of sp³-hybridized carbons (Fsp3) is 0.417. The summed E-state index contributed by atoms with van der Waals surface area (Å²) in [6.07, 6.45) is 3.16. The molecule has 2 rings (SSSR count). The number of piperidine rings is 1. The Morgan fingerprint density at radius 2 is 1.89 bits per heavy atom. The first-order valence-corrected chi connectivity index (χ1v) is 6.42. The van der Waals surface area contributed by atoms with Gasteiger partial charge in [0.05, 0.1) is 10.6 Å². The highest BCUT2D eigenvalue weighted by atomic mass is 35.5. The SMILES string of the molecule is O=C(c1cc(B(O)O)ccc1Cl)N1CCCCC1. The molecule has 1 aliphatic heterocycles. The molecule has 1 aromatic carbocycles. The van der Waals surface area contributed by atoms with Crippen molar-refractivity contribution in [3.8, 4) is 0 Å². The van der Waals surface area contributed by atoms with Crippen molar-refractivity contribution in [3.63, 3.8) is 0 Å². The van der Waals surface area contributed by atoms with Crippen molar-refractivity contribution in [2.75, 3.05) is 13.1 Å². The molecule has 1 aliphatic rings. The van der Waals surface area contributed by atoms with Crippen LogP contribution in [0.4, 0.5) is 0 Å². The van der Waals surface area contributed by atoms with Crippen LogP contribution in [0.2, 0.25) is 5.02 Å². The first kappa shape index (κ1) is 13.4. The van der Waals surface area contributed by atoms with Crippen LogP contribution in [-0.4, -0.2) is 41.1 Å². The molecule has 6 heteroatoms. The van der Waals surface area contributed by atoms with E-state index in [1.807, 2.05) is 0 Å². The fourth-order valence-corrected chi connectivity index (χ4v) is 2.33. The van der Waals surface area contributed by atoms with Gasteiger partial charge in [0, 0.05) is 13.1 Å². The average Bonchev–Trinajstić information content (AvgIpc) is 2.39. The molecule has 1 aromatic rings. The quantitative estimate of drug-likeness (QED) is 0.773. The molecular weight excluding hydrogens is 252 g/mol. The maximum atomic E-state index is 12.3. The molecule has 96 valence electrons. The topological polar surface area (TPSA) is 60.8 Å². The first-order valence-electron chi connectivity index (χ1n) is 6.04. The summed E-state index contributed by atoms with van der Waals surface area (Å²) in [6, 6.07) is 4.47. The Balaban J connectivity index is 2.25. The van der Waals surface area contributed by atoms with Gasteiger partial charge in [0.2, 0.25) is 0 Å². The van der Waals surface area contributed by atoms with Crippen LogP contribution in [0.15, 0.2) is 18.2 Å². The monoisotopic (exact) mass is 267 g/mol. The van der Waals surface area contributed by atoms with E-state index in [2.05, 4.69) is 0 Å². The molecule has 1 saturated heterocycles. The summed E-state index contributed by atoms with van der Waals surface area (Å²) in [5, 5.41) is 18.6. The summed E-state index contributed by atoms with van der Waals surface area (Å²) in [6.45, 7) is 1.47. The van der Waals surface area contributed by atoms with Gasteiger partial charge in [0.1, 0.15) is 0 Å². The number of nitrogens with zero attached hydrogens (tertiary/aromatic N) is 1. The van der Waals surface area contributed by atoms with Gasteiger partial charge in [-0.15, -0.1) is 0 Å². The van der Waals surface area contributed by atoms with Crippen LogP contribution >= 0.6 is 11.6 Å². The Kier molecular flexibility index (Phi) is 4.27. The van der Waals surface area contributed by atoms with Crippen LogP contribution in [0.25, 0.3) is 0 Å². The molecule has 0 bridgehead atoms. The molecule has 1 fully saturated rings. The second kappa shape index (κ2) is 5.74. The smallest absolute Gasteiger partial charge is 0.423 e. The lowest BCUT2D eigenvalue weighted by Gasteiger charge is -2.27. The number of rotatable bonds is 2. The van der Waals surface area contributed by atoms with E-state index in [9.17, 15) is 4.79 Å². The maximum absolute atomic E-state index is 12.3. The van der Waals surface area contributed by atoms with Gasteiger partial charge in [-0.2, -0.15) is 0 Å². The van der Waals surface area contributed by atoms with Crippen LogP contribution in [-0.2, 0) is 0 Å². The van der Waals surface area contributed by atoms with Gasteiger partial charge in [-0.05, 0) is 36.9 Å². The molecule has 0 atom stereocenters. The standard InChI is InChI=1S/C12H15BClNO3/c14-11-5-4-9(13(17)18)8-10(11)12(16)15-6-2-1-3-7-15/h4-5,8,17-18H,1-3,6-7H2. The molecule has 0 radical (unpaired) electrons. The first-order chi connectivity index (χ1) is 8.59. The summed E-state index contributed by atoms with van der Waals surface area (Å²) in [4.78, 5) is 14.0. The molecule has 4 nitrogen and oxygen atoms in total. The largest absolute Gasteiger partial charge is 0.488 e. The van der Waals surface area contributed by atoms with E-state index in [0.717, 1.165) is 32.4 Å².